The van der Waals surface area contributed by atoms with E-state index >= 15 is 0 Å². The third kappa shape index (κ3) is 3.75. The Kier molecular flexibility index (Phi) is 5.60. The summed E-state index contributed by atoms with van der Waals surface area (Å²) in [6.07, 6.45) is 3.28. The minimum absolute atomic E-state index is 0.135. The van der Waals surface area contributed by atoms with E-state index in [9.17, 15) is 0 Å². The zero-order valence-corrected chi connectivity index (χ0v) is 17.0. The van der Waals surface area contributed by atoms with E-state index in [2.05, 4.69) is 52.1 Å². The highest BCUT2D eigenvalue weighted by Crippen LogP contribution is 2.37. The second-order valence-electron chi connectivity index (χ2n) is 7.10. The van der Waals surface area contributed by atoms with Gasteiger partial charge in [-0.2, -0.15) is 0 Å². The number of fused-ring (bicyclic) bond motifs is 1. The molecule has 1 atom stereocenters. The second kappa shape index (κ2) is 8.29. The Bertz CT molecular complexity index is 953. The average molecular weight is 397 g/mol. The SMILES string of the molecule is COc1ccc(C2c3cccn3CCCN2Cc2cccc(Cl)c2)cc1OC. The Morgan fingerprint density at radius 2 is 1.82 bits per heavy atom. The van der Waals surface area contributed by atoms with E-state index in [0.717, 1.165) is 42.6 Å². The smallest absolute Gasteiger partial charge is 0.161 e. The summed E-state index contributed by atoms with van der Waals surface area (Å²) in [5.41, 5.74) is 3.71. The van der Waals surface area contributed by atoms with Crippen molar-refractivity contribution in [3.05, 3.63) is 82.6 Å². The highest BCUT2D eigenvalue weighted by atomic mass is 35.5. The lowest BCUT2D eigenvalue weighted by molar-refractivity contribution is 0.220. The third-order valence-corrected chi connectivity index (χ3v) is 5.59. The quantitative estimate of drug-likeness (QED) is 0.596. The predicted octanol–water partition coefficient (Wildman–Crippen LogP) is 5.15. The fourth-order valence-electron chi connectivity index (χ4n) is 4.08. The summed E-state index contributed by atoms with van der Waals surface area (Å²) < 4.78 is 13.4. The van der Waals surface area contributed by atoms with Crippen molar-refractivity contribution in [3.63, 3.8) is 0 Å². The van der Waals surface area contributed by atoms with Crippen LogP contribution in [0.25, 0.3) is 0 Å². The van der Waals surface area contributed by atoms with Crippen molar-refractivity contribution < 1.29 is 9.47 Å². The molecule has 0 aliphatic carbocycles. The Labute approximate surface area is 171 Å². The minimum Gasteiger partial charge on any atom is -0.493 e. The number of nitrogens with zero attached hydrogens (tertiary/aromatic N) is 2. The van der Waals surface area contributed by atoms with Gasteiger partial charge in [0.05, 0.1) is 20.3 Å². The van der Waals surface area contributed by atoms with Crippen molar-refractivity contribution in [1.29, 1.82) is 0 Å². The molecule has 3 aromatic rings. The first-order chi connectivity index (χ1) is 13.7. The number of benzene rings is 2. The molecule has 0 fully saturated rings. The van der Waals surface area contributed by atoms with E-state index in [1.165, 1.54) is 16.8 Å². The largest absolute Gasteiger partial charge is 0.493 e. The molecule has 2 heterocycles. The molecule has 1 aliphatic heterocycles. The normalized spacial score (nSPS) is 17.0. The highest BCUT2D eigenvalue weighted by Gasteiger charge is 2.28. The van der Waals surface area contributed by atoms with Gasteiger partial charge in [0.1, 0.15) is 0 Å². The molecule has 1 aromatic heterocycles. The van der Waals surface area contributed by atoms with Gasteiger partial charge in [0.2, 0.25) is 0 Å². The molecule has 2 aromatic carbocycles. The number of ether oxygens (including phenoxy) is 2. The molecule has 4 nitrogen and oxygen atoms in total. The van der Waals surface area contributed by atoms with E-state index in [-0.39, 0.29) is 6.04 Å². The molecule has 0 amide bonds. The molecular formula is C23H25ClN2O2. The standard InChI is InChI=1S/C23H25ClN2O2/c1-27-21-10-9-18(15-22(21)28-2)23-20-8-4-11-25(20)12-5-13-26(23)16-17-6-3-7-19(24)14-17/h3-4,6-11,14-15,23H,5,12-13,16H2,1-2H3. The maximum Gasteiger partial charge on any atom is 0.161 e. The van der Waals surface area contributed by atoms with Crippen molar-refractivity contribution in [2.45, 2.75) is 25.6 Å². The number of methoxy groups -OCH3 is 2. The molecule has 1 aliphatic rings. The van der Waals surface area contributed by atoms with Gasteiger partial charge in [0.15, 0.2) is 11.5 Å². The maximum absolute atomic E-state index is 6.23. The van der Waals surface area contributed by atoms with E-state index < -0.39 is 0 Å². The summed E-state index contributed by atoms with van der Waals surface area (Å²) in [5, 5.41) is 0.776. The van der Waals surface area contributed by atoms with E-state index in [4.69, 9.17) is 21.1 Å². The predicted molar refractivity (Wildman–Crippen MR) is 112 cm³/mol. The van der Waals surface area contributed by atoms with Crippen molar-refractivity contribution in [1.82, 2.24) is 9.47 Å². The molecule has 0 radical (unpaired) electrons. The molecule has 5 heteroatoms. The number of halogens is 1. The van der Waals surface area contributed by atoms with Crippen molar-refractivity contribution in [2.75, 3.05) is 20.8 Å². The Hall–Kier alpha value is -2.43. The topological polar surface area (TPSA) is 26.6 Å². The second-order valence-corrected chi connectivity index (χ2v) is 7.53. The van der Waals surface area contributed by atoms with Gasteiger partial charge in [-0.05, 0) is 53.9 Å². The summed E-state index contributed by atoms with van der Waals surface area (Å²) >= 11 is 6.23. The fourth-order valence-corrected chi connectivity index (χ4v) is 4.30. The molecule has 0 bridgehead atoms. The van der Waals surface area contributed by atoms with Crippen molar-refractivity contribution in [3.8, 4) is 11.5 Å². The number of aryl methyl sites for hydroxylation is 1. The first-order valence-corrected chi connectivity index (χ1v) is 9.93. The van der Waals surface area contributed by atoms with Crippen LogP contribution in [0.1, 0.15) is 29.3 Å². The molecule has 0 saturated carbocycles. The summed E-state index contributed by atoms with van der Waals surface area (Å²) in [5.74, 6) is 1.50. The van der Waals surface area contributed by atoms with Crippen LogP contribution < -0.4 is 9.47 Å². The van der Waals surface area contributed by atoms with Crippen molar-refractivity contribution >= 4 is 11.6 Å². The Morgan fingerprint density at radius 1 is 0.964 bits per heavy atom. The lowest BCUT2D eigenvalue weighted by Crippen LogP contribution is -2.29. The van der Waals surface area contributed by atoms with Crippen LogP contribution in [0.3, 0.4) is 0 Å². The molecule has 0 saturated heterocycles. The van der Waals surface area contributed by atoms with Crippen LogP contribution in [0.15, 0.2) is 60.8 Å². The van der Waals surface area contributed by atoms with Crippen LogP contribution in [0.5, 0.6) is 11.5 Å². The number of hydrogen-bond acceptors (Lipinski definition) is 3. The van der Waals surface area contributed by atoms with Gasteiger partial charge >= 0.3 is 0 Å². The molecule has 0 N–H and O–H groups in total. The maximum atomic E-state index is 6.23. The van der Waals surface area contributed by atoms with Gasteiger partial charge in [0.25, 0.3) is 0 Å². The van der Waals surface area contributed by atoms with Crippen LogP contribution in [0.4, 0.5) is 0 Å². The third-order valence-electron chi connectivity index (χ3n) is 5.35. The van der Waals surface area contributed by atoms with E-state index in [1.807, 2.05) is 18.2 Å². The van der Waals surface area contributed by atoms with Crippen LogP contribution >= 0.6 is 11.6 Å². The molecular weight excluding hydrogens is 372 g/mol. The van der Waals surface area contributed by atoms with Gasteiger partial charge in [-0.15, -0.1) is 0 Å². The summed E-state index contributed by atoms with van der Waals surface area (Å²) in [6.45, 7) is 2.87. The van der Waals surface area contributed by atoms with Gasteiger partial charge in [-0.3, -0.25) is 4.90 Å². The number of aromatic nitrogens is 1. The lowest BCUT2D eigenvalue weighted by Gasteiger charge is -2.31. The zero-order chi connectivity index (χ0) is 19.5. The zero-order valence-electron chi connectivity index (χ0n) is 16.3. The number of rotatable bonds is 5. The Balaban J connectivity index is 1.76. The summed E-state index contributed by atoms with van der Waals surface area (Å²) in [4.78, 5) is 2.52. The van der Waals surface area contributed by atoms with Crippen LogP contribution in [0, 0.1) is 0 Å². The molecule has 4 rings (SSSR count). The monoisotopic (exact) mass is 396 g/mol. The van der Waals surface area contributed by atoms with Gasteiger partial charge < -0.3 is 14.0 Å². The fraction of sp³-hybridized carbons (Fsp3) is 0.304. The van der Waals surface area contributed by atoms with Gasteiger partial charge in [0, 0.05) is 36.5 Å². The lowest BCUT2D eigenvalue weighted by atomic mass is 10.0. The summed E-state index contributed by atoms with van der Waals surface area (Å²) in [6, 6.07) is 18.8. The highest BCUT2D eigenvalue weighted by molar-refractivity contribution is 6.30. The van der Waals surface area contributed by atoms with E-state index in [1.54, 1.807) is 14.2 Å². The molecule has 28 heavy (non-hydrogen) atoms. The minimum atomic E-state index is 0.135. The first-order valence-electron chi connectivity index (χ1n) is 9.55. The van der Waals surface area contributed by atoms with Crippen LogP contribution in [-0.2, 0) is 13.1 Å². The van der Waals surface area contributed by atoms with Crippen LogP contribution in [0.2, 0.25) is 5.02 Å². The average Bonchev–Trinajstić information content (AvgIpc) is 3.09. The molecule has 1 unspecified atom stereocenters. The summed E-state index contributed by atoms with van der Waals surface area (Å²) in [7, 11) is 3.35. The van der Waals surface area contributed by atoms with E-state index in [0.29, 0.717) is 0 Å². The van der Waals surface area contributed by atoms with Gasteiger partial charge in [-0.25, -0.2) is 0 Å². The first kappa shape index (κ1) is 18.9. The van der Waals surface area contributed by atoms with Crippen LogP contribution in [-0.4, -0.2) is 30.2 Å². The Morgan fingerprint density at radius 3 is 2.61 bits per heavy atom. The van der Waals surface area contributed by atoms with Gasteiger partial charge in [-0.1, -0.05) is 29.8 Å². The molecule has 146 valence electrons. The molecule has 0 spiro atoms. The van der Waals surface area contributed by atoms with Crippen molar-refractivity contribution in [2.24, 2.45) is 0 Å². The number of hydrogen-bond donors (Lipinski definition) is 0.